The number of rotatable bonds is 7. The second-order valence-electron chi connectivity index (χ2n) is 4.30. The zero-order valence-electron chi connectivity index (χ0n) is 12.6. The van der Waals surface area contributed by atoms with Crippen molar-refractivity contribution in [3.05, 3.63) is 35.5 Å². The van der Waals surface area contributed by atoms with Crippen molar-refractivity contribution < 1.29 is 17.9 Å². The number of nitrogens with one attached hydrogen (secondary N) is 1. The number of benzene rings is 1. The molecule has 7 nitrogen and oxygen atoms in total. The molecule has 0 atom stereocenters. The lowest BCUT2D eigenvalue weighted by Gasteiger charge is -2.12. The average molecular weight is 358 g/mol. The van der Waals surface area contributed by atoms with Crippen molar-refractivity contribution in [3.63, 3.8) is 0 Å². The minimum absolute atomic E-state index is 0.0678. The van der Waals surface area contributed by atoms with Crippen molar-refractivity contribution in [2.24, 2.45) is 0 Å². The van der Waals surface area contributed by atoms with Crippen molar-refractivity contribution in [3.8, 4) is 11.9 Å². The number of ether oxygens (including phenoxy) is 2. The molecule has 2 aromatic rings. The summed E-state index contributed by atoms with van der Waals surface area (Å²) in [4.78, 5) is 8.05. The van der Waals surface area contributed by atoms with Gasteiger partial charge in [-0.1, -0.05) is 11.6 Å². The van der Waals surface area contributed by atoms with Crippen LogP contribution in [0.25, 0.3) is 0 Å². The summed E-state index contributed by atoms with van der Waals surface area (Å²) >= 11 is 5.77. The van der Waals surface area contributed by atoms with E-state index >= 15 is 0 Å². The molecule has 0 fully saturated rings. The Morgan fingerprint density at radius 3 is 2.39 bits per heavy atom. The molecule has 1 heterocycles. The molecular formula is C14H16ClN3O4S. The Hall–Kier alpha value is -2.06. The standard InChI is InChI=1S/C14H16ClN3O4S/c1-3-21-13-12(9-16-14(17-13)22-4-2)18-23(19,20)11-7-5-10(15)6-8-11/h5-9,18H,3-4H2,1-2H3. The number of nitrogens with zero attached hydrogens (tertiary/aromatic N) is 2. The molecule has 0 spiro atoms. The predicted molar refractivity (Wildman–Crippen MR) is 86.6 cm³/mol. The summed E-state index contributed by atoms with van der Waals surface area (Å²) in [6.45, 7) is 4.26. The van der Waals surface area contributed by atoms with Gasteiger partial charge in [-0.15, -0.1) is 0 Å². The van der Waals surface area contributed by atoms with E-state index in [1.165, 1.54) is 30.5 Å². The fourth-order valence-electron chi connectivity index (χ4n) is 1.68. The lowest BCUT2D eigenvalue weighted by atomic mass is 10.4. The predicted octanol–water partition coefficient (Wildman–Crippen LogP) is 2.73. The molecule has 2 rings (SSSR count). The van der Waals surface area contributed by atoms with Crippen molar-refractivity contribution in [1.82, 2.24) is 9.97 Å². The highest BCUT2D eigenvalue weighted by Gasteiger charge is 2.18. The first-order chi connectivity index (χ1) is 11.0. The maximum atomic E-state index is 12.4. The second kappa shape index (κ2) is 7.47. The molecule has 0 aliphatic heterocycles. The molecule has 0 amide bonds. The van der Waals surface area contributed by atoms with Gasteiger partial charge >= 0.3 is 6.01 Å². The van der Waals surface area contributed by atoms with Gasteiger partial charge in [-0.2, -0.15) is 4.98 Å². The van der Waals surface area contributed by atoms with Crippen LogP contribution < -0.4 is 14.2 Å². The van der Waals surface area contributed by atoms with Crippen molar-refractivity contribution in [1.29, 1.82) is 0 Å². The first-order valence-corrected chi connectivity index (χ1v) is 8.73. The van der Waals surface area contributed by atoms with E-state index in [0.717, 1.165) is 0 Å². The normalized spacial score (nSPS) is 11.1. The fraction of sp³-hybridized carbons (Fsp3) is 0.286. The Bertz CT molecular complexity index is 766. The molecule has 9 heteroatoms. The van der Waals surface area contributed by atoms with Gasteiger partial charge in [0.05, 0.1) is 24.3 Å². The van der Waals surface area contributed by atoms with E-state index in [4.69, 9.17) is 21.1 Å². The molecule has 0 aliphatic rings. The van der Waals surface area contributed by atoms with E-state index in [0.29, 0.717) is 18.2 Å². The molecule has 23 heavy (non-hydrogen) atoms. The zero-order valence-corrected chi connectivity index (χ0v) is 14.2. The molecule has 0 radical (unpaired) electrons. The van der Waals surface area contributed by atoms with Crippen LogP contribution in [0.15, 0.2) is 35.4 Å². The molecule has 0 aliphatic carbocycles. The Morgan fingerprint density at radius 1 is 1.13 bits per heavy atom. The number of aromatic nitrogens is 2. The Morgan fingerprint density at radius 2 is 1.78 bits per heavy atom. The summed E-state index contributed by atoms with van der Waals surface area (Å²) in [5.74, 6) is 0.100. The maximum absolute atomic E-state index is 12.4. The summed E-state index contributed by atoms with van der Waals surface area (Å²) in [6.07, 6.45) is 1.30. The molecule has 1 aromatic heterocycles. The van der Waals surface area contributed by atoms with Gasteiger partial charge in [-0.3, -0.25) is 4.72 Å². The van der Waals surface area contributed by atoms with E-state index < -0.39 is 10.0 Å². The van der Waals surface area contributed by atoms with Crippen molar-refractivity contribution in [2.75, 3.05) is 17.9 Å². The molecule has 0 unspecified atom stereocenters. The van der Waals surface area contributed by atoms with Crippen LogP contribution in [-0.2, 0) is 10.0 Å². The maximum Gasteiger partial charge on any atom is 0.319 e. The van der Waals surface area contributed by atoms with Gasteiger partial charge in [0.25, 0.3) is 10.0 Å². The molecule has 0 bridgehead atoms. The number of sulfonamides is 1. The van der Waals surface area contributed by atoms with E-state index in [2.05, 4.69) is 14.7 Å². The Labute approximate surface area is 139 Å². The highest BCUT2D eigenvalue weighted by Crippen LogP contribution is 2.26. The first kappa shape index (κ1) is 17.3. The van der Waals surface area contributed by atoms with Gasteiger partial charge in [0.15, 0.2) is 0 Å². The van der Waals surface area contributed by atoms with Crippen LogP contribution >= 0.6 is 11.6 Å². The summed E-state index contributed by atoms with van der Waals surface area (Å²) < 4.78 is 37.7. The van der Waals surface area contributed by atoms with Crippen molar-refractivity contribution in [2.45, 2.75) is 18.7 Å². The Kier molecular flexibility index (Phi) is 5.62. The largest absolute Gasteiger partial charge is 0.476 e. The van der Waals surface area contributed by atoms with Gasteiger partial charge in [0, 0.05) is 5.02 Å². The summed E-state index contributed by atoms with van der Waals surface area (Å²) in [5.41, 5.74) is 0.130. The summed E-state index contributed by atoms with van der Waals surface area (Å²) in [6, 6.07) is 5.91. The number of hydrogen-bond donors (Lipinski definition) is 1. The van der Waals surface area contributed by atoms with Gasteiger partial charge < -0.3 is 9.47 Å². The van der Waals surface area contributed by atoms with E-state index in [9.17, 15) is 8.42 Å². The topological polar surface area (TPSA) is 90.4 Å². The van der Waals surface area contributed by atoms with Crippen LogP contribution in [0.5, 0.6) is 11.9 Å². The van der Waals surface area contributed by atoms with Gasteiger partial charge in [-0.25, -0.2) is 13.4 Å². The third-order valence-electron chi connectivity index (χ3n) is 2.65. The number of anilines is 1. The number of hydrogen-bond acceptors (Lipinski definition) is 6. The lowest BCUT2D eigenvalue weighted by Crippen LogP contribution is -2.15. The smallest absolute Gasteiger partial charge is 0.319 e. The molecule has 124 valence electrons. The van der Waals surface area contributed by atoms with Crippen LogP contribution in [0.1, 0.15) is 13.8 Å². The van der Waals surface area contributed by atoms with Crippen molar-refractivity contribution >= 4 is 27.3 Å². The zero-order chi connectivity index (χ0) is 16.9. The van der Waals surface area contributed by atoms with Gasteiger partial charge in [0.2, 0.25) is 5.88 Å². The van der Waals surface area contributed by atoms with Crippen LogP contribution in [0.2, 0.25) is 5.02 Å². The third kappa shape index (κ3) is 4.46. The fourth-order valence-corrected chi connectivity index (χ4v) is 2.85. The van der Waals surface area contributed by atoms with Gasteiger partial charge in [-0.05, 0) is 38.1 Å². The monoisotopic (exact) mass is 357 g/mol. The molecule has 0 saturated heterocycles. The SMILES string of the molecule is CCOc1ncc(NS(=O)(=O)c2ccc(Cl)cc2)c(OCC)n1. The second-order valence-corrected chi connectivity index (χ2v) is 6.42. The lowest BCUT2D eigenvalue weighted by molar-refractivity contribution is 0.290. The summed E-state index contributed by atoms with van der Waals surface area (Å²) in [7, 11) is -3.81. The van der Waals surface area contributed by atoms with E-state index in [-0.39, 0.29) is 22.5 Å². The van der Waals surface area contributed by atoms with E-state index in [1.54, 1.807) is 13.8 Å². The molecule has 1 N–H and O–H groups in total. The minimum atomic E-state index is -3.81. The van der Waals surface area contributed by atoms with Gasteiger partial charge in [0.1, 0.15) is 5.69 Å². The van der Waals surface area contributed by atoms with Crippen LogP contribution in [-0.4, -0.2) is 31.6 Å². The van der Waals surface area contributed by atoms with Crippen LogP contribution in [0.4, 0.5) is 5.69 Å². The average Bonchev–Trinajstić information content (AvgIpc) is 2.51. The van der Waals surface area contributed by atoms with Crippen LogP contribution in [0.3, 0.4) is 0 Å². The highest BCUT2D eigenvalue weighted by atomic mass is 35.5. The number of halogens is 1. The van der Waals surface area contributed by atoms with E-state index in [1.807, 2.05) is 0 Å². The molecular weight excluding hydrogens is 342 g/mol. The third-order valence-corrected chi connectivity index (χ3v) is 4.29. The van der Waals surface area contributed by atoms with Crippen LogP contribution in [0, 0.1) is 0 Å². The summed E-state index contributed by atoms with van der Waals surface area (Å²) in [5, 5.41) is 0.448. The first-order valence-electron chi connectivity index (χ1n) is 6.87. The molecule has 1 aromatic carbocycles. The quantitative estimate of drug-likeness (QED) is 0.819. The minimum Gasteiger partial charge on any atom is -0.476 e. The molecule has 0 saturated carbocycles. The highest BCUT2D eigenvalue weighted by molar-refractivity contribution is 7.92. The Balaban J connectivity index is 2.32.